The van der Waals surface area contributed by atoms with Crippen LogP contribution in [0.1, 0.15) is 25.3 Å². The highest BCUT2D eigenvalue weighted by Gasteiger charge is 2.12. The fourth-order valence-corrected chi connectivity index (χ4v) is 3.14. The number of benzene rings is 1. The Hall–Kier alpha value is -2.48. The van der Waals surface area contributed by atoms with E-state index in [4.69, 9.17) is 0 Å². The van der Waals surface area contributed by atoms with Crippen LogP contribution in [0.2, 0.25) is 0 Å². The molecule has 2 aromatic heterocycles. The van der Waals surface area contributed by atoms with Crippen LogP contribution in [0.4, 0.5) is 5.69 Å². The number of hydrogen-bond donors (Lipinski definition) is 1. The van der Waals surface area contributed by atoms with Gasteiger partial charge in [0.1, 0.15) is 11.4 Å². The van der Waals surface area contributed by atoms with E-state index in [0.29, 0.717) is 16.2 Å². The SMILES string of the molecule is CCCCc1ccc(NC(=O)CSc2ncnc3c2nnn3C)cc1. The summed E-state index contributed by atoms with van der Waals surface area (Å²) >= 11 is 1.33. The molecule has 0 saturated carbocycles. The van der Waals surface area contributed by atoms with Crippen LogP contribution in [-0.2, 0) is 18.3 Å². The zero-order valence-corrected chi connectivity index (χ0v) is 15.1. The maximum absolute atomic E-state index is 12.2. The number of thioether (sulfide) groups is 1. The van der Waals surface area contributed by atoms with Crippen molar-refractivity contribution in [3.63, 3.8) is 0 Å². The van der Waals surface area contributed by atoms with Crippen molar-refractivity contribution in [2.45, 2.75) is 31.2 Å². The first-order chi connectivity index (χ1) is 12.2. The molecule has 0 saturated heterocycles. The summed E-state index contributed by atoms with van der Waals surface area (Å²) in [5, 5.41) is 11.5. The zero-order chi connectivity index (χ0) is 17.6. The van der Waals surface area contributed by atoms with Gasteiger partial charge in [-0.25, -0.2) is 14.6 Å². The van der Waals surface area contributed by atoms with Crippen molar-refractivity contribution in [1.82, 2.24) is 25.0 Å². The van der Waals surface area contributed by atoms with E-state index in [2.05, 4.69) is 44.7 Å². The average Bonchev–Trinajstić information content (AvgIpc) is 3.01. The molecule has 3 rings (SSSR count). The van der Waals surface area contributed by atoms with Crippen molar-refractivity contribution in [3.05, 3.63) is 36.2 Å². The Bertz CT molecular complexity index is 861. The van der Waals surface area contributed by atoms with Gasteiger partial charge in [0.15, 0.2) is 11.2 Å². The van der Waals surface area contributed by atoms with Crippen molar-refractivity contribution < 1.29 is 4.79 Å². The van der Waals surface area contributed by atoms with Gasteiger partial charge in [0.2, 0.25) is 5.91 Å². The Kier molecular flexibility index (Phi) is 5.60. The van der Waals surface area contributed by atoms with Gasteiger partial charge in [0.25, 0.3) is 0 Å². The molecule has 0 spiro atoms. The van der Waals surface area contributed by atoms with E-state index in [9.17, 15) is 4.79 Å². The van der Waals surface area contributed by atoms with Gasteiger partial charge >= 0.3 is 0 Å². The number of amides is 1. The largest absolute Gasteiger partial charge is 0.325 e. The van der Waals surface area contributed by atoms with Gasteiger partial charge in [-0.15, -0.1) is 5.10 Å². The minimum Gasteiger partial charge on any atom is -0.325 e. The van der Waals surface area contributed by atoms with Crippen LogP contribution >= 0.6 is 11.8 Å². The van der Waals surface area contributed by atoms with E-state index < -0.39 is 0 Å². The monoisotopic (exact) mass is 356 g/mol. The Morgan fingerprint density at radius 3 is 2.80 bits per heavy atom. The molecule has 8 heteroatoms. The van der Waals surface area contributed by atoms with Gasteiger partial charge in [-0.3, -0.25) is 4.79 Å². The molecule has 25 heavy (non-hydrogen) atoms. The number of anilines is 1. The topological polar surface area (TPSA) is 85.6 Å². The highest BCUT2D eigenvalue weighted by molar-refractivity contribution is 8.00. The van der Waals surface area contributed by atoms with Crippen LogP contribution in [0.5, 0.6) is 0 Å². The lowest BCUT2D eigenvalue weighted by molar-refractivity contribution is -0.113. The van der Waals surface area contributed by atoms with Crippen LogP contribution in [0.25, 0.3) is 11.2 Å². The molecule has 0 aliphatic rings. The standard InChI is InChI=1S/C17H20N6OS/c1-3-4-5-12-6-8-13(9-7-12)20-14(24)10-25-17-15-16(18-11-19-17)23(2)22-21-15/h6-9,11H,3-5,10H2,1-2H3,(H,20,24). The second kappa shape index (κ2) is 8.06. The van der Waals surface area contributed by atoms with Gasteiger partial charge in [0, 0.05) is 12.7 Å². The summed E-state index contributed by atoms with van der Waals surface area (Å²) in [5.41, 5.74) is 3.36. The van der Waals surface area contributed by atoms with E-state index in [0.717, 1.165) is 12.1 Å². The number of nitrogens with one attached hydrogen (secondary N) is 1. The number of unbranched alkanes of at least 4 members (excludes halogenated alkanes) is 1. The lowest BCUT2D eigenvalue weighted by Crippen LogP contribution is -2.14. The third kappa shape index (κ3) is 4.33. The summed E-state index contributed by atoms with van der Waals surface area (Å²) < 4.78 is 1.58. The summed E-state index contributed by atoms with van der Waals surface area (Å²) in [6.07, 6.45) is 4.89. The molecule has 1 amide bonds. The molecule has 7 nitrogen and oxygen atoms in total. The highest BCUT2D eigenvalue weighted by Crippen LogP contribution is 2.22. The molecule has 0 fully saturated rings. The first-order valence-corrected chi connectivity index (χ1v) is 9.18. The number of carbonyl (C=O) groups excluding carboxylic acids is 1. The van der Waals surface area contributed by atoms with Gasteiger partial charge in [0.05, 0.1) is 5.75 Å². The zero-order valence-electron chi connectivity index (χ0n) is 14.3. The van der Waals surface area contributed by atoms with Crippen LogP contribution in [-0.4, -0.2) is 36.6 Å². The van der Waals surface area contributed by atoms with E-state index in [-0.39, 0.29) is 11.7 Å². The molecular formula is C17H20N6OS. The number of rotatable bonds is 7. The smallest absolute Gasteiger partial charge is 0.234 e. The molecule has 1 N–H and O–H groups in total. The third-order valence-corrected chi connectivity index (χ3v) is 4.73. The Morgan fingerprint density at radius 1 is 1.24 bits per heavy atom. The minimum atomic E-state index is -0.0815. The van der Waals surface area contributed by atoms with Gasteiger partial charge in [-0.2, -0.15) is 0 Å². The van der Waals surface area contributed by atoms with E-state index in [1.165, 1.54) is 36.5 Å². The predicted molar refractivity (Wildman–Crippen MR) is 98.5 cm³/mol. The van der Waals surface area contributed by atoms with E-state index in [1.54, 1.807) is 11.7 Å². The molecule has 0 radical (unpaired) electrons. The average molecular weight is 356 g/mol. The third-order valence-electron chi connectivity index (χ3n) is 3.75. The van der Waals surface area contributed by atoms with E-state index >= 15 is 0 Å². The summed E-state index contributed by atoms with van der Waals surface area (Å²) in [6, 6.07) is 8.01. The number of carbonyl (C=O) groups is 1. The second-order valence-corrected chi connectivity index (χ2v) is 6.67. The predicted octanol–water partition coefficient (Wildman–Crippen LogP) is 2.83. The molecule has 130 valence electrons. The van der Waals surface area contributed by atoms with Gasteiger partial charge in [-0.05, 0) is 30.5 Å². The first-order valence-electron chi connectivity index (χ1n) is 8.19. The highest BCUT2D eigenvalue weighted by atomic mass is 32.2. The Morgan fingerprint density at radius 2 is 2.04 bits per heavy atom. The van der Waals surface area contributed by atoms with Crippen molar-refractivity contribution in [3.8, 4) is 0 Å². The molecule has 0 atom stereocenters. The normalized spacial score (nSPS) is 11.0. The number of aryl methyl sites for hydroxylation is 2. The molecule has 0 aliphatic heterocycles. The fraction of sp³-hybridized carbons (Fsp3) is 0.353. The van der Waals surface area contributed by atoms with Crippen LogP contribution in [0.15, 0.2) is 35.6 Å². The van der Waals surface area contributed by atoms with Crippen LogP contribution in [0, 0.1) is 0 Å². The fourth-order valence-electron chi connectivity index (χ4n) is 2.40. The number of aromatic nitrogens is 5. The molecule has 0 unspecified atom stereocenters. The second-order valence-electron chi connectivity index (χ2n) is 5.70. The lowest BCUT2D eigenvalue weighted by atomic mass is 10.1. The molecule has 2 heterocycles. The van der Waals surface area contributed by atoms with Crippen LogP contribution < -0.4 is 5.32 Å². The maximum Gasteiger partial charge on any atom is 0.234 e. The summed E-state index contributed by atoms with van der Waals surface area (Å²) in [7, 11) is 1.77. The van der Waals surface area contributed by atoms with Crippen molar-refractivity contribution >= 4 is 34.5 Å². The van der Waals surface area contributed by atoms with Crippen molar-refractivity contribution in [2.75, 3.05) is 11.1 Å². The molecule has 1 aromatic carbocycles. The summed E-state index contributed by atoms with van der Waals surface area (Å²) in [5.74, 6) is 0.169. The van der Waals surface area contributed by atoms with Crippen molar-refractivity contribution in [1.29, 1.82) is 0 Å². The Labute approximate surface area is 150 Å². The minimum absolute atomic E-state index is 0.0815. The summed E-state index contributed by atoms with van der Waals surface area (Å²) in [6.45, 7) is 2.18. The van der Waals surface area contributed by atoms with Crippen molar-refractivity contribution in [2.24, 2.45) is 7.05 Å². The maximum atomic E-state index is 12.2. The first kappa shape index (κ1) is 17.3. The molecule has 3 aromatic rings. The number of nitrogens with zero attached hydrogens (tertiary/aromatic N) is 5. The Balaban J connectivity index is 1.57. The lowest BCUT2D eigenvalue weighted by Gasteiger charge is -2.06. The number of hydrogen-bond acceptors (Lipinski definition) is 6. The number of fused-ring (bicyclic) bond motifs is 1. The van der Waals surface area contributed by atoms with E-state index in [1.807, 2.05) is 12.1 Å². The quantitative estimate of drug-likeness (QED) is 0.517. The molecule has 0 bridgehead atoms. The van der Waals surface area contributed by atoms with Gasteiger partial charge < -0.3 is 5.32 Å². The van der Waals surface area contributed by atoms with Gasteiger partial charge in [-0.1, -0.05) is 42.5 Å². The molecule has 0 aliphatic carbocycles. The molecular weight excluding hydrogens is 336 g/mol. The summed E-state index contributed by atoms with van der Waals surface area (Å²) in [4.78, 5) is 20.5. The van der Waals surface area contributed by atoms with Crippen LogP contribution in [0.3, 0.4) is 0 Å².